The standard InChI is InChI=1S/C25H20ClFN2O2/c1-14-7-8-15(2)20(13-14)28-23-22(17-9-11-18(27)12-10-17)24(30)29(25(23)31)21-6-4-5-19(26)16(21)3/h4-13,28H,1-3H3. The molecule has 0 spiro atoms. The lowest BCUT2D eigenvalue weighted by molar-refractivity contribution is -0.120. The molecule has 1 heterocycles. The number of hydrogen-bond donors (Lipinski definition) is 1. The number of rotatable bonds is 4. The molecule has 0 unspecified atom stereocenters. The molecule has 0 saturated heterocycles. The predicted octanol–water partition coefficient (Wildman–Crippen LogP) is 5.80. The van der Waals surface area contributed by atoms with Gasteiger partial charge in [0.1, 0.15) is 11.5 Å². The number of hydrogen-bond acceptors (Lipinski definition) is 3. The van der Waals surface area contributed by atoms with E-state index in [0.717, 1.165) is 21.7 Å². The van der Waals surface area contributed by atoms with Gasteiger partial charge < -0.3 is 5.32 Å². The number of nitrogens with zero attached hydrogens (tertiary/aromatic N) is 1. The molecular formula is C25H20ClFN2O2. The van der Waals surface area contributed by atoms with Gasteiger partial charge in [0.2, 0.25) is 0 Å². The molecule has 6 heteroatoms. The average Bonchev–Trinajstić information content (AvgIpc) is 2.97. The third kappa shape index (κ3) is 3.73. The summed E-state index contributed by atoms with van der Waals surface area (Å²) in [5.41, 5.74) is 4.48. The first-order chi connectivity index (χ1) is 14.8. The van der Waals surface area contributed by atoms with Crippen LogP contribution < -0.4 is 10.2 Å². The van der Waals surface area contributed by atoms with Gasteiger partial charge >= 0.3 is 0 Å². The molecule has 4 nitrogen and oxygen atoms in total. The minimum absolute atomic E-state index is 0.143. The fourth-order valence-electron chi connectivity index (χ4n) is 3.59. The van der Waals surface area contributed by atoms with Crippen LogP contribution in [0.25, 0.3) is 5.57 Å². The van der Waals surface area contributed by atoms with Gasteiger partial charge in [0.15, 0.2) is 0 Å². The van der Waals surface area contributed by atoms with E-state index in [0.29, 0.717) is 21.8 Å². The highest BCUT2D eigenvalue weighted by Crippen LogP contribution is 2.37. The molecule has 1 N–H and O–H groups in total. The maximum absolute atomic E-state index is 13.5. The van der Waals surface area contributed by atoms with Crippen molar-refractivity contribution < 1.29 is 14.0 Å². The second-order valence-electron chi connectivity index (χ2n) is 7.53. The highest BCUT2D eigenvalue weighted by Gasteiger charge is 2.41. The van der Waals surface area contributed by atoms with Gasteiger partial charge in [0, 0.05) is 10.7 Å². The van der Waals surface area contributed by atoms with E-state index in [1.54, 1.807) is 25.1 Å². The van der Waals surface area contributed by atoms with Crippen LogP contribution in [-0.2, 0) is 9.59 Å². The fraction of sp³-hybridized carbons (Fsp3) is 0.120. The summed E-state index contributed by atoms with van der Waals surface area (Å²) >= 11 is 6.24. The van der Waals surface area contributed by atoms with E-state index in [2.05, 4.69) is 5.32 Å². The van der Waals surface area contributed by atoms with E-state index in [1.165, 1.54) is 24.3 Å². The zero-order valence-corrected chi connectivity index (χ0v) is 18.0. The summed E-state index contributed by atoms with van der Waals surface area (Å²) in [5.74, 6) is -1.40. The monoisotopic (exact) mass is 434 g/mol. The van der Waals surface area contributed by atoms with Gasteiger partial charge in [-0.2, -0.15) is 0 Å². The number of imide groups is 1. The lowest BCUT2D eigenvalue weighted by Crippen LogP contribution is -2.33. The fourth-order valence-corrected chi connectivity index (χ4v) is 3.76. The molecule has 0 saturated carbocycles. The topological polar surface area (TPSA) is 49.4 Å². The van der Waals surface area contributed by atoms with Gasteiger partial charge in [-0.25, -0.2) is 9.29 Å². The molecule has 0 aliphatic carbocycles. The molecule has 0 bridgehead atoms. The Kier molecular flexibility index (Phi) is 5.38. The highest BCUT2D eigenvalue weighted by molar-refractivity contribution is 6.46. The lowest BCUT2D eigenvalue weighted by Gasteiger charge is -2.18. The Labute approximate surface area is 185 Å². The van der Waals surface area contributed by atoms with Crippen LogP contribution in [0.1, 0.15) is 22.3 Å². The Morgan fingerprint density at radius 2 is 1.61 bits per heavy atom. The summed E-state index contributed by atoms with van der Waals surface area (Å²) in [5, 5.41) is 3.62. The second-order valence-corrected chi connectivity index (χ2v) is 7.94. The first-order valence-electron chi connectivity index (χ1n) is 9.76. The molecular weight excluding hydrogens is 415 g/mol. The van der Waals surface area contributed by atoms with E-state index >= 15 is 0 Å². The van der Waals surface area contributed by atoms with E-state index in [9.17, 15) is 14.0 Å². The SMILES string of the molecule is Cc1ccc(C)c(NC2=C(c3ccc(F)cc3)C(=O)N(c3cccc(Cl)c3C)C2=O)c1. The lowest BCUT2D eigenvalue weighted by atomic mass is 10.0. The number of halogens is 2. The number of carbonyl (C=O) groups is 2. The Morgan fingerprint density at radius 3 is 2.32 bits per heavy atom. The zero-order valence-electron chi connectivity index (χ0n) is 17.3. The molecule has 1 aliphatic heterocycles. The van der Waals surface area contributed by atoms with E-state index in [4.69, 9.17) is 11.6 Å². The third-order valence-electron chi connectivity index (χ3n) is 5.35. The number of anilines is 2. The second kappa shape index (κ2) is 8.00. The van der Waals surface area contributed by atoms with Gasteiger partial charge in [-0.15, -0.1) is 0 Å². The molecule has 3 aromatic rings. The van der Waals surface area contributed by atoms with Crippen molar-refractivity contribution in [3.05, 3.63) is 99.5 Å². The molecule has 0 fully saturated rings. The number of amides is 2. The molecule has 2 amide bonds. The summed E-state index contributed by atoms with van der Waals surface area (Å²) in [6, 6.07) is 16.4. The van der Waals surface area contributed by atoms with Crippen LogP contribution in [0.3, 0.4) is 0 Å². The molecule has 31 heavy (non-hydrogen) atoms. The van der Waals surface area contributed by atoms with Crippen molar-refractivity contribution in [2.24, 2.45) is 0 Å². The van der Waals surface area contributed by atoms with E-state index in [1.807, 2.05) is 32.0 Å². The van der Waals surface area contributed by atoms with Crippen molar-refractivity contribution in [1.82, 2.24) is 0 Å². The quantitative estimate of drug-likeness (QED) is 0.528. The average molecular weight is 435 g/mol. The van der Waals surface area contributed by atoms with Crippen LogP contribution in [0.15, 0.2) is 66.4 Å². The molecule has 1 aliphatic rings. The Hall–Kier alpha value is -3.44. The van der Waals surface area contributed by atoms with Gasteiger partial charge in [-0.3, -0.25) is 9.59 Å². The summed E-state index contributed by atoms with van der Waals surface area (Å²) in [6.45, 7) is 5.62. The largest absolute Gasteiger partial charge is 0.350 e. The van der Waals surface area contributed by atoms with Crippen molar-refractivity contribution in [2.75, 3.05) is 10.2 Å². The van der Waals surface area contributed by atoms with Crippen LogP contribution >= 0.6 is 11.6 Å². The number of carbonyl (C=O) groups excluding carboxylic acids is 2. The first kappa shape index (κ1) is 20.8. The number of nitrogens with one attached hydrogen (secondary N) is 1. The molecule has 0 atom stereocenters. The van der Waals surface area contributed by atoms with Gasteiger partial charge in [0.25, 0.3) is 11.8 Å². The van der Waals surface area contributed by atoms with Crippen LogP contribution in [0.4, 0.5) is 15.8 Å². The zero-order chi connectivity index (χ0) is 22.3. The van der Waals surface area contributed by atoms with E-state index in [-0.39, 0.29) is 11.3 Å². The van der Waals surface area contributed by atoms with Gasteiger partial charge in [-0.05, 0) is 73.4 Å². The smallest absolute Gasteiger partial charge is 0.282 e. The highest BCUT2D eigenvalue weighted by atomic mass is 35.5. The predicted molar refractivity (Wildman–Crippen MR) is 122 cm³/mol. The maximum Gasteiger partial charge on any atom is 0.282 e. The van der Waals surface area contributed by atoms with Crippen molar-refractivity contribution in [3.63, 3.8) is 0 Å². The van der Waals surface area contributed by atoms with Crippen LogP contribution in [0.5, 0.6) is 0 Å². The van der Waals surface area contributed by atoms with Crippen molar-refractivity contribution in [2.45, 2.75) is 20.8 Å². The van der Waals surface area contributed by atoms with Crippen molar-refractivity contribution in [3.8, 4) is 0 Å². The Bertz CT molecular complexity index is 1250. The molecule has 4 rings (SSSR count). The summed E-state index contributed by atoms with van der Waals surface area (Å²) in [7, 11) is 0. The minimum Gasteiger partial charge on any atom is -0.350 e. The summed E-state index contributed by atoms with van der Waals surface area (Å²) < 4.78 is 13.5. The normalized spacial score (nSPS) is 13.9. The molecule has 0 aromatic heterocycles. The minimum atomic E-state index is -0.491. The van der Waals surface area contributed by atoms with Crippen LogP contribution in [0, 0.1) is 26.6 Å². The third-order valence-corrected chi connectivity index (χ3v) is 5.76. The maximum atomic E-state index is 13.5. The summed E-state index contributed by atoms with van der Waals surface area (Å²) in [6.07, 6.45) is 0. The molecule has 156 valence electrons. The van der Waals surface area contributed by atoms with Crippen LogP contribution in [-0.4, -0.2) is 11.8 Å². The van der Waals surface area contributed by atoms with Gasteiger partial charge in [0.05, 0.1) is 11.3 Å². The summed E-state index contributed by atoms with van der Waals surface area (Å²) in [4.78, 5) is 28.1. The Morgan fingerprint density at radius 1 is 0.903 bits per heavy atom. The number of aryl methyl sites for hydroxylation is 2. The van der Waals surface area contributed by atoms with Crippen molar-refractivity contribution >= 4 is 40.4 Å². The van der Waals surface area contributed by atoms with Gasteiger partial charge in [-0.1, -0.05) is 41.9 Å². The Balaban J connectivity index is 1.88. The molecule has 0 radical (unpaired) electrons. The molecule has 3 aromatic carbocycles. The van der Waals surface area contributed by atoms with Crippen molar-refractivity contribution in [1.29, 1.82) is 0 Å². The number of benzene rings is 3. The first-order valence-corrected chi connectivity index (χ1v) is 10.1. The van der Waals surface area contributed by atoms with E-state index < -0.39 is 17.6 Å². The van der Waals surface area contributed by atoms with Crippen LogP contribution in [0.2, 0.25) is 5.02 Å².